The number of hydrogen-bond acceptors (Lipinski definition) is 4. The molecular weight excluding hydrogens is 213 g/mol. The normalized spacial score (nSPS) is 12.2. The lowest BCUT2D eigenvalue weighted by Gasteiger charge is -2.08. The molecule has 0 saturated heterocycles. The topological polar surface area (TPSA) is 60.4 Å². The first-order valence-electron chi connectivity index (χ1n) is 2.83. The molecule has 0 N–H and O–H groups in total. The first kappa shape index (κ1) is 11.9. The van der Waals surface area contributed by atoms with E-state index in [0.29, 0.717) is 0 Å². The van der Waals surface area contributed by atoms with Gasteiger partial charge >= 0.3 is 21.4 Å². The number of ether oxygens (including phenoxy) is 1. The van der Waals surface area contributed by atoms with Crippen LogP contribution in [0.5, 0.6) is 0 Å². The van der Waals surface area contributed by atoms with Crippen molar-refractivity contribution in [1.29, 1.82) is 0 Å². The minimum absolute atomic E-state index is 0.621. The van der Waals surface area contributed by atoms with Crippen molar-refractivity contribution in [1.82, 2.24) is 0 Å². The average molecular weight is 218 g/mol. The van der Waals surface area contributed by atoms with Crippen molar-refractivity contribution < 1.29 is 30.6 Å². The van der Waals surface area contributed by atoms with Gasteiger partial charge in [0.25, 0.3) is 0 Å². The molecule has 0 aliphatic rings. The lowest BCUT2D eigenvalue weighted by molar-refractivity contribution is -0.159. The predicted octanol–water partition coefficient (Wildman–Crippen LogP) is 0.608. The van der Waals surface area contributed by atoms with Gasteiger partial charge in [-0.3, -0.25) is 0 Å². The number of rotatable bonds is 4. The molecular formula is C5H5F3O4S. The monoisotopic (exact) mass is 218 g/mol. The molecule has 0 aliphatic heterocycles. The van der Waals surface area contributed by atoms with Crippen molar-refractivity contribution in [3.8, 4) is 0 Å². The number of halogens is 3. The molecule has 76 valence electrons. The second-order valence-electron chi connectivity index (χ2n) is 1.84. The van der Waals surface area contributed by atoms with Crippen LogP contribution in [-0.2, 0) is 19.8 Å². The van der Waals surface area contributed by atoms with E-state index in [0.717, 1.165) is 6.08 Å². The van der Waals surface area contributed by atoms with Gasteiger partial charge in [-0.2, -0.15) is 17.2 Å². The van der Waals surface area contributed by atoms with Crippen LogP contribution in [0.1, 0.15) is 0 Å². The predicted molar refractivity (Wildman–Crippen MR) is 36.1 cm³/mol. The van der Waals surface area contributed by atoms with Gasteiger partial charge in [0.05, 0.1) is 0 Å². The highest BCUT2D eigenvalue weighted by Crippen LogP contribution is 2.24. The van der Waals surface area contributed by atoms with Crippen molar-refractivity contribution in [2.24, 2.45) is 0 Å². The summed E-state index contributed by atoms with van der Waals surface area (Å²) >= 11 is 0. The van der Waals surface area contributed by atoms with Crippen molar-refractivity contribution in [2.75, 3.05) is 6.61 Å². The fraction of sp³-hybridized carbons (Fsp3) is 0.400. The number of hydrogen-bond donors (Lipinski definition) is 0. The summed E-state index contributed by atoms with van der Waals surface area (Å²) in [7, 11) is -6.27. The van der Waals surface area contributed by atoms with Crippen LogP contribution in [0.2, 0.25) is 0 Å². The molecule has 4 nitrogen and oxygen atoms in total. The van der Waals surface area contributed by atoms with Crippen LogP contribution in [0.3, 0.4) is 0 Å². The Morgan fingerprint density at radius 2 is 2.00 bits per heavy atom. The molecule has 0 unspecified atom stereocenters. The summed E-state index contributed by atoms with van der Waals surface area (Å²) in [5.41, 5.74) is 0. The maximum absolute atomic E-state index is 12.2. The summed E-state index contributed by atoms with van der Waals surface area (Å²) in [5, 5.41) is -5.16. The van der Waals surface area contributed by atoms with Crippen LogP contribution in [-0.4, -0.2) is 26.2 Å². The van der Waals surface area contributed by atoms with Gasteiger partial charge in [0, 0.05) is 0 Å². The number of esters is 1. The maximum atomic E-state index is 12.2. The van der Waals surface area contributed by atoms with Crippen LogP contribution in [0, 0.1) is 0 Å². The molecule has 0 aliphatic carbocycles. The van der Waals surface area contributed by atoms with E-state index in [1.807, 2.05) is 0 Å². The van der Waals surface area contributed by atoms with E-state index in [1.165, 1.54) is 0 Å². The lowest BCUT2D eigenvalue weighted by atomic mass is 10.6. The van der Waals surface area contributed by atoms with Crippen molar-refractivity contribution in [3.05, 3.63) is 12.7 Å². The molecule has 0 aromatic carbocycles. The summed E-state index contributed by atoms with van der Waals surface area (Å²) in [6.07, 6.45) is 0.929. The van der Waals surface area contributed by atoms with Gasteiger partial charge in [0.2, 0.25) is 0 Å². The van der Waals surface area contributed by atoms with E-state index >= 15 is 0 Å². The van der Waals surface area contributed by atoms with Gasteiger partial charge < -0.3 is 4.74 Å². The minimum Gasteiger partial charge on any atom is -0.456 e. The second-order valence-corrected chi connectivity index (χ2v) is 3.23. The Hall–Kier alpha value is -1.05. The summed E-state index contributed by atoms with van der Waals surface area (Å²) in [4.78, 5) is 10.2. The minimum atomic E-state index is -6.27. The fourth-order valence-electron chi connectivity index (χ4n) is 0.318. The van der Waals surface area contributed by atoms with E-state index in [4.69, 9.17) is 0 Å². The van der Waals surface area contributed by atoms with E-state index in [1.54, 1.807) is 0 Å². The van der Waals surface area contributed by atoms with E-state index in [9.17, 15) is 25.9 Å². The first-order chi connectivity index (χ1) is 5.73. The summed E-state index contributed by atoms with van der Waals surface area (Å²) in [6, 6.07) is 0. The molecule has 8 heteroatoms. The van der Waals surface area contributed by atoms with E-state index in [2.05, 4.69) is 11.3 Å². The molecule has 0 heterocycles. The molecule has 0 saturated carbocycles. The summed E-state index contributed by atoms with van der Waals surface area (Å²) < 4.78 is 59.2. The lowest BCUT2D eigenvalue weighted by Crippen LogP contribution is -2.36. The van der Waals surface area contributed by atoms with Crippen LogP contribution < -0.4 is 0 Å². The zero-order valence-electron chi connectivity index (χ0n) is 6.17. The van der Waals surface area contributed by atoms with Crippen LogP contribution in [0.4, 0.5) is 12.7 Å². The molecule has 0 spiro atoms. The molecule has 0 aromatic rings. The van der Waals surface area contributed by atoms with Gasteiger partial charge in [0.15, 0.2) is 0 Å². The second kappa shape index (κ2) is 3.77. The third-order valence-corrected chi connectivity index (χ3v) is 1.66. The Bertz CT molecular complexity index is 308. The Kier molecular flexibility index (Phi) is 3.47. The largest absolute Gasteiger partial charge is 0.470 e. The molecule has 0 atom stereocenters. The third-order valence-electron chi connectivity index (χ3n) is 0.876. The smallest absolute Gasteiger partial charge is 0.456 e. The first-order valence-corrected chi connectivity index (χ1v) is 4.22. The van der Waals surface area contributed by atoms with E-state index in [-0.39, 0.29) is 0 Å². The SMILES string of the molecule is C=CCOC(=O)C(F)(F)S(=O)(=O)F. The number of carbonyl (C=O) groups excluding carboxylic acids is 1. The highest BCUT2D eigenvalue weighted by Gasteiger charge is 2.55. The third kappa shape index (κ3) is 2.72. The van der Waals surface area contributed by atoms with Crippen molar-refractivity contribution >= 4 is 16.2 Å². The Morgan fingerprint density at radius 3 is 2.31 bits per heavy atom. The molecule has 0 fully saturated rings. The summed E-state index contributed by atoms with van der Waals surface area (Å²) in [5.74, 6) is -2.46. The van der Waals surface area contributed by atoms with Crippen LogP contribution in [0.25, 0.3) is 0 Å². The highest BCUT2D eigenvalue weighted by atomic mass is 32.3. The standard InChI is InChI=1S/C5H5F3O4S/c1-2-3-12-4(9)5(6,7)13(8,10)11/h2H,1,3H2. The molecule has 13 heavy (non-hydrogen) atoms. The molecule has 0 bridgehead atoms. The fourth-order valence-corrected chi connectivity index (χ4v) is 0.576. The average Bonchev–Trinajstić information content (AvgIpc) is 1.97. The quantitative estimate of drug-likeness (QED) is 0.394. The molecule has 0 aromatic heterocycles. The zero-order chi connectivity index (χ0) is 10.7. The Morgan fingerprint density at radius 1 is 1.54 bits per heavy atom. The molecule has 0 rings (SSSR count). The highest BCUT2D eigenvalue weighted by molar-refractivity contribution is 7.88. The van der Waals surface area contributed by atoms with Gasteiger partial charge in [-0.25, -0.2) is 4.79 Å². The van der Waals surface area contributed by atoms with Crippen molar-refractivity contribution in [3.63, 3.8) is 0 Å². The number of carbonyl (C=O) groups is 1. The summed E-state index contributed by atoms with van der Waals surface area (Å²) in [6.45, 7) is 2.39. The molecule has 0 amide bonds. The molecule has 0 radical (unpaired) electrons. The van der Waals surface area contributed by atoms with Gasteiger partial charge in [-0.05, 0) is 0 Å². The van der Waals surface area contributed by atoms with Crippen LogP contribution >= 0.6 is 0 Å². The Balaban J connectivity index is 4.65. The van der Waals surface area contributed by atoms with Gasteiger partial charge in [-0.15, -0.1) is 0 Å². The Labute approximate surface area is 72.2 Å². The van der Waals surface area contributed by atoms with E-state index < -0.39 is 28.1 Å². The van der Waals surface area contributed by atoms with Gasteiger partial charge in [-0.1, -0.05) is 16.5 Å². The van der Waals surface area contributed by atoms with Gasteiger partial charge in [0.1, 0.15) is 6.61 Å². The van der Waals surface area contributed by atoms with Crippen LogP contribution in [0.15, 0.2) is 12.7 Å². The maximum Gasteiger partial charge on any atom is 0.470 e. The zero-order valence-corrected chi connectivity index (χ0v) is 6.98. The van der Waals surface area contributed by atoms with Crippen molar-refractivity contribution in [2.45, 2.75) is 5.25 Å². The number of alkyl halides is 2.